The zero-order valence-corrected chi connectivity index (χ0v) is 22.1. The summed E-state index contributed by atoms with van der Waals surface area (Å²) in [7, 11) is 0. The fourth-order valence-corrected chi connectivity index (χ4v) is 4.58. The number of halogens is 6. The van der Waals surface area contributed by atoms with Gasteiger partial charge in [-0.15, -0.1) is 0 Å². The zero-order valence-electron chi connectivity index (χ0n) is 14.2. The van der Waals surface area contributed by atoms with E-state index in [9.17, 15) is 0 Å². The highest BCUT2D eigenvalue weighted by atomic mass is 79.9. The van der Waals surface area contributed by atoms with E-state index >= 15 is 0 Å². The summed E-state index contributed by atoms with van der Waals surface area (Å²) in [6.07, 6.45) is 8.15. The Bertz CT molecular complexity index is 1000. The van der Waals surface area contributed by atoms with Gasteiger partial charge in [0.05, 0.1) is 0 Å². The second-order valence-corrected chi connectivity index (χ2v) is 10.2. The predicted octanol–water partition coefficient (Wildman–Crippen LogP) is 10.4. The van der Waals surface area contributed by atoms with Gasteiger partial charge in [-0.05, 0) is 70.8 Å². The summed E-state index contributed by atoms with van der Waals surface area (Å²) in [5.41, 5.74) is 4.15. The number of benzene rings is 3. The smallest absolute Gasteiger partial charge is 0.0412 e. The van der Waals surface area contributed by atoms with E-state index in [4.69, 9.17) is 23.2 Å². The van der Waals surface area contributed by atoms with Gasteiger partial charge in [0.1, 0.15) is 0 Å². The molecule has 3 aromatic carbocycles. The molecule has 0 atom stereocenters. The summed E-state index contributed by atoms with van der Waals surface area (Å²) in [6, 6.07) is 15.6. The van der Waals surface area contributed by atoms with Gasteiger partial charge in [-0.1, -0.05) is 111 Å². The van der Waals surface area contributed by atoms with Gasteiger partial charge in [0.15, 0.2) is 0 Å². The molecule has 0 spiro atoms. The van der Waals surface area contributed by atoms with Gasteiger partial charge in [0.25, 0.3) is 0 Å². The third kappa shape index (κ3) is 5.84. The normalized spacial score (nSPS) is 11.6. The third-order valence-corrected chi connectivity index (χ3v) is 7.21. The standard InChI is InChI=1S/C22H12Br4Cl2/c23-19-7-5-17(27)9-13(19)1-3-15-11-22(26)16(12-21(15)25)4-2-14-10-18(28)6-8-20(14)24/h1-12H/b3-1+,4-2+. The van der Waals surface area contributed by atoms with E-state index < -0.39 is 0 Å². The van der Waals surface area contributed by atoms with Crippen molar-refractivity contribution in [1.82, 2.24) is 0 Å². The van der Waals surface area contributed by atoms with Gasteiger partial charge >= 0.3 is 0 Å². The minimum atomic E-state index is 0.704. The Balaban J connectivity index is 1.88. The van der Waals surface area contributed by atoms with Crippen LogP contribution in [-0.2, 0) is 0 Å². The molecule has 0 aromatic heterocycles. The van der Waals surface area contributed by atoms with Gasteiger partial charge in [-0.3, -0.25) is 0 Å². The molecule has 0 saturated carbocycles. The molecule has 3 rings (SSSR count). The van der Waals surface area contributed by atoms with Crippen LogP contribution >= 0.6 is 86.9 Å². The first-order valence-electron chi connectivity index (χ1n) is 8.09. The molecule has 0 bridgehead atoms. The molecule has 142 valence electrons. The largest absolute Gasteiger partial charge is 0.0843 e. The Morgan fingerprint density at radius 1 is 0.464 bits per heavy atom. The monoisotopic (exact) mass is 662 g/mol. The molecule has 0 heterocycles. The maximum absolute atomic E-state index is 6.09. The van der Waals surface area contributed by atoms with E-state index in [0.29, 0.717) is 10.0 Å². The Kier molecular flexibility index (Phi) is 8.05. The van der Waals surface area contributed by atoms with Crippen LogP contribution in [0.5, 0.6) is 0 Å². The lowest BCUT2D eigenvalue weighted by atomic mass is 10.1. The lowest BCUT2D eigenvalue weighted by molar-refractivity contribution is 1.52. The summed E-state index contributed by atoms with van der Waals surface area (Å²) >= 11 is 26.6. The van der Waals surface area contributed by atoms with Crippen LogP contribution in [0.25, 0.3) is 24.3 Å². The van der Waals surface area contributed by atoms with E-state index in [1.165, 1.54) is 0 Å². The topological polar surface area (TPSA) is 0 Å². The summed E-state index contributed by atoms with van der Waals surface area (Å²) in [5, 5.41) is 1.41. The van der Waals surface area contributed by atoms with Crippen molar-refractivity contribution in [3.63, 3.8) is 0 Å². The Morgan fingerprint density at radius 3 is 1.14 bits per heavy atom. The molecule has 0 aliphatic carbocycles. The first-order chi connectivity index (χ1) is 13.3. The maximum Gasteiger partial charge on any atom is 0.0412 e. The Morgan fingerprint density at radius 2 is 0.786 bits per heavy atom. The van der Waals surface area contributed by atoms with E-state index in [0.717, 1.165) is 40.1 Å². The van der Waals surface area contributed by atoms with E-state index in [2.05, 4.69) is 75.9 Å². The van der Waals surface area contributed by atoms with Crippen molar-refractivity contribution in [2.75, 3.05) is 0 Å². The average Bonchev–Trinajstić information content (AvgIpc) is 2.66. The first-order valence-corrected chi connectivity index (χ1v) is 12.0. The van der Waals surface area contributed by atoms with Crippen LogP contribution in [-0.4, -0.2) is 0 Å². The highest BCUT2D eigenvalue weighted by Crippen LogP contribution is 2.31. The molecule has 0 aliphatic rings. The van der Waals surface area contributed by atoms with Crippen LogP contribution in [0.1, 0.15) is 22.3 Å². The molecular formula is C22H12Br4Cl2. The van der Waals surface area contributed by atoms with Crippen LogP contribution in [0.4, 0.5) is 0 Å². The van der Waals surface area contributed by atoms with Crippen molar-refractivity contribution in [3.05, 3.63) is 98.7 Å². The molecule has 3 aromatic rings. The molecule has 0 amide bonds. The van der Waals surface area contributed by atoms with Crippen LogP contribution in [0, 0.1) is 0 Å². The van der Waals surface area contributed by atoms with Crippen molar-refractivity contribution < 1.29 is 0 Å². The maximum atomic E-state index is 6.09. The van der Waals surface area contributed by atoms with Gasteiger partial charge in [-0.2, -0.15) is 0 Å². The van der Waals surface area contributed by atoms with Crippen molar-refractivity contribution >= 4 is 111 Å². The van der Waals surface area contributed by atoms with E-state index in [1.54, 1.807) is 0 Å². The summed E-state index contributed by atoms with van der Waals surface area (Å²) in [6.45, 7) is 0. The molecule has 0 aliphatic heterocycles. The molecule has 0 N–H and O–H groups in total. The number of rotatable bonds is 4. The lowest BCUT2D eigenvalue weighted by Gasteiger charge is -2.06. The van der Waals surface area contributed by atoms with Gasteiger partial charge in [0.2, 0.25) is 0 Å². The van der Waals surface area contributed by atoms with Crippen LogP contribution in [0.2, 0.25) is 10.0 Å². The molecule has 0 saturated heterocycles. The van der Waals surface area contributed by atoms with Crippen LogP contribution in [0.3, 0.4) is 0 Å². The molecule has 0 fully saturated rings. The van der Waals surface area contributed by atoms with Crippen molar-refractivity contribution in [3.8, 4) is 0 Å². The molecule has 28 heavy (non-hydrogen) atoms. The lowest BCUT2D eigenvalue weighted by Crippen LogP contribution is -1.83. The Labute approximate surface area is 208 Å². The quantitative estimate of drug-likeness (QED) is 0.243. The first kappa shape index (κ1) is 22.3. The fraction of sp³-hybridized carbons (Fsp3) is 0. The van der Waals surface area contributed by atoms with E-state index in [1.807, 2.05) is 60.7 Å². The van der Waals surface area contributed by atoms with Gasteiger partial charge < -0.3 is 0 Å². The average molecular weight is 667 g/mol. The third-order valence-electron chi connectivity index (χ3n) is 3.92. The fourth-order valence-electron chi connectivity index (χ4n) is 2.48. The minimum absolute atomic E-state index is 0.704. The van der Waals surface area contributed by atoms with Crippen LogP contribution < -0.4 is 0 Å². The predicted molar refractivity (Wildman–Crippen MR) is 138 cm³/mol. The Hall–Kier alpha value is -0.360. The van der Waals surface area contributed by atoms with Gasteiger partial charge in [0, 0.05) is 27.9 Å². The summed E-state index contributed by atoms with van der Waals surface area (Å²) in [4.78, 5) is 0. The zero-order chi connectivity index (χ0) is 20.3. The van der Waals surface area contributed by atoms with Crippen molar-refractivity contribution in [2.24, 2.45) is 0 Å². The minimum Gasteiger partial charge on any atom is -0.0843 e. The molecule has 6 heteroatoms. The highest BCUT2D eigenvalue weighted by molar-refractivity contribution is 9.11. The SMILES string of the molecule is Clc1ccc(Br)c(/C=C/c2cc(Br)c(/C=C/c3cc(Cl)ccc3Br)cc2Br)c1. The second kappa shape index (κ2) is 10.1. The molecule has 0 radical (unpaired) electrons. The van der Waals surface area contributed by atoms with Crippen LogP contribution in [0.15, 0.2) is 66.4 Å². The molecular weight excluding hydrogens is 655 g/mol. The summed E-state index contributed by atoms with van der Waals surface area (Å²) in [5.74, 6) is 0. The summed E-state index contributed by atoms with van der Waals surface area (Å²) < 4.78 is 3.98. The van der Waals surface area contributed by atoms with E-state index in [-0.39, 0.29) is 0 Å². The number of hydrogen-bond acceptors (Lipinski definition) is 0. The van der Waals surface area contributed by atoms with Gasteiger partial charge in [-0.25, -0.2) is 0 Å². The highest BCUT2D eigenvalue weighted by Gasteiger charge is 2.05. The molecule has 0 unspecified atom stereocenters. The van der Waals surface area contributed by atoms with Crippen molar-refractivity contribution in [2.45, 2.75) is 0 Å². The number of hydrogen-bond donors (Lipinski definition) is 0. The second-order valence-electron chi connectivity index (χ2n) is 5.89. The molecule has 0 nitrogen and oxygen atoms in total. The van der Waals surface area contributed by atoms with Crippen molar-refractivity contribution in [1.29, 1.82) is 0 Å².